The van der Waals surface area contributed by atoms with Crippen LogP contribution in [0, 0.1) is 6.92 Å². The third-order valence-corrected chi connectivity index (χ3v) is 3.50. The molecule has 0 bridgehead atoms. The molecule has 1 fully saturated rings. The van der Waals surface area contributed by atoms with Gasteiger partial charge in [-0.2, -0.15) is 0 Å². The van der Waals surface area contributed by atoms with Gasteiger partial charge in [-0.05, 0) is 38.8 Å². The average Bonchev–Trinajstić information content (AvgIpc) is 2.55. The molecule has 0 spiro atoms. The number of anilines is 2. The summed E-state index contributed by atoms with van der Waals surface area (Å²) in [5.74, 6) is 0.764. The van der Waals surface area contributed by atoms with Crippen molar-refractivity contribution in [2.24, 2.45) is 0 Å². The zero-order chi connectivity index (χ0) is 11.8. The molecule has 4 nitrogen and oxygen atoms in total. The molecule has 2 unspecified atom stereocenters. The summed E-state index contributed by atoms with van der Waals surface area (Å²) in [5.41, 5.74) is 7.70. The number of nitrogens with two attached hydrogens (primary N) is 1. The van der Waals surface area contributed by atoms with Crippen LogP contribution in [-0.4, -0.2) is 23.2 Å². The second-order valence-corrected chi connectivity index (χ2v) is 4.70. The van der Waals surface area contributed by atoms with Gasteiger partial charge < -0.3 is 15.8 Å². The van der Waals surface area contributed by atoms with Crippen LogP contribution in [0.4, 0.5) is 11.5 Å². The summed E-state index contributed by atoms with van der Waals surface area (Å²) >= 11 is 0. The molecule has 0 aliphatic carbocycles. The van der Waals surface area contributed by atoms with Gasteiger partial charge in [-0.3, -0.25) is 0 Å². The molecule has 1 aromatic heterocycles. The highest BCUT2D eigenvalue weighted by Crippen LogP contribution is 2.31. The van der Waals surface area contributed by atoms with E-state index in [1.54, 1.807) is 6.20 Å². The predicted octanol–water partition coefficient (Wildman–Crippen LogP) is 1.95. The third kappa shape index (κ3) is 1.85. The quantitative estimate of drug-likeness (QED) is 0.801. The minimum absolute atomic E-state index is 0.0745. The number of nitrogen functional groups attached to an aromatic ring is 1. The van der Waals surface area contributed by atoms with Crippen molar-refractivity contribution in [2.75, 3.05) is 17.7 Å². The highest BCUT2D eigenvalue weighted by molar-refractivity contribution is 5.65. The van der Waals surface area contributed by atoms with E-state index in [0.29, 0.717) is 0 Å². The van der Waals surface area contributed by atoms with Crippen LogP contribution in [0.25, 0.3) is 0 Å². The fourth-order valence-electron chi connectivity index (χ4n) is 1.94. The molecular formula is C12H19N3O. The van der Waals surface area contributed by atoms with E-state index in [4.69, 9.17) is 10.5 Å². The Morgan fingerprint density at radius 3 is 3.00 bits per heavy atom. The number of pyridine rings is 1. The Labute approximate surface area is 96.2 Å². The minimum atomic E-state index is -0.0745. The van der Waals surface area contributed by atoms with E-state index in [1.165, 1.54) is 0 Å². The van der Waals surface area contributed by atoms with Crippen molar-refractivity contribution in [3.8, 4) is 0 Å². The number of ether oxygens (including phenoxy) is 1. The molecule has 2 heterocycles. The minimum Gasteiger partial charge on any atom is -0.396 e. The molecule has 0 aromatic carbocycles. The molecule has 1 aliphatic heterocycles. The molecule has 4 heteroatoms. The van der Waals surface area contributed by atoms with Gasteiger partial charge in [0.15, 0.2) is 0 Å². The van der Waals surface area contributed by atoms with Crippen molar-refractivity contribution in [2.45, 2.75) is 38.8 Å². The monoisotopic (exact) mass is 221 g/mol. The van der Waals surface area contributed by atoms with Crippen molar-refractivity contribution in [3.05, 3.63) is 17.8 Å². The van der Waals surface area contributed by atoms with Gasteiger partial charge in [0, 0.05) is 12.8 Å². The van der Waals surface area contributed by atoms with Gasteiger partial charge in [0.2, 0.25) is 0 Å². The molecule has 3 N–H and O–H groups in total. The largest absolute Gasteiger partial charge is 0.396 e. The van der Waals surface area contributed by atoms with Gasteiger partial charge in [0.25, 0.3) is 0 Å². The Hall–Kier alpha value is -1.29. The fourth-order valence-corrected chi connectivity index (χ4v) is 1.94. The van der Waals surface area contributed by atoms with Gasteiger partial charge >= 0.3 is 0 Å². The molecular weight excluding hydrogens is 202 g/mol. The van der Waals surface area contributed by atoms with E-state index >= 15 is 0 Å². The van der Waals surface area contributed by atoms with E-state index in [0.717, 1.165) is 30.1 Å². The van der Waals surface area contributed by atoms with E-state index in [1.807, 2.05) is 13.0 Å². The van der Waals surface area contributed by atoms with Crippen LogP contribution in [0.1, 0.15) is 25.8 Å². The second kappa shape index (κ2) is 3.94. The summed E-state index contributed by atoms with van der Waals surface area (Å²) in [6.45, 7) is 7.00. The van der Waals surface area contributed by atoms with Crippen LogP contribution in [-0.2, 0) is 4.74 Å². The summed E-state index contributed by atoms with van der Waals surface area (Å²) in [6, 6.07) is 1.91. The van der Waals surface area contributed by atoms with E-state index in [-0.39, 0.29) is 11.6 Å². The molecule has 0 amide bonds. The molecule has 1 saturated heterocycles. The van der Waals surface area contributed by atoms with E-state index in [2.05, 4.69) is 24.1 Å². The lowest BCUT2D eigenvalue weighted by Gasteiger charge is -2.30. The van der Waals surface area contributed by atoms with Gasteiger partial charge in [0.1, 0.15) is 5.82 Å². The maximum absolute atomic E-state index is 6.00. The first-order valence-electron chi connectivity index (χ1n) is 5.64. The normalized spacial score (nSPS) is 29.3. The van der Waals surface area contributed by atoms with Crippen LogP contribution in [0.3, 0.4) is 0 Å². The third-order valence-electron chi connectivity index (χ3n) is 3.50. The highest BCUT2D eigenvalue weighted by atomic mass is 16.5. The second-order valence-electron chi connectivity index (χ2n) is 4.70. The highest BCUT2D eigenvalue weighted by Gasteiger charge is 2.37. The van der Waals surface area contributed by atoms with Crippen molar-refractivity contribution < 1.29 is 4.74 Å². The van der Waals surface area contributed by atoms with Crippen molar-refractivity contribution >= 4 is 11.5 Å². The summed E-state index contributed by atoms with van der Waals surface area (Å²) in [5, 5.41) is 3.42. The zero-order valence-corrected chi connectivity index (χ0v) is 10.1. The number of hydrogen-bond acceptors (Lipinski definition) is 4. The van der Waals surface area contributed by atoms with E-state index < -0.39 is 0 Å². The van der Waals surface area contributed by atoms with Gasteiger partial charge in [-0.15, -0.1) is 0 Å². The first-order valence-corrected chi connectivity index (χ1v) is 5.64. The predicted molar refractivity (Wildman–Crippen MR) is 65.4 cm³/mol. The van der Waals surface area contributed by atoms with Crippen molar-refractivity contribution in [1.29, 1.82) is 0 Å². The summed E-state index contributed by atoms with van der Waals surface area (Å²) in [6.07, 6.45) is 2.93. The van der Waals surface area contributed by atoms with Crippen LogP contribution < -0.4 is 11.1 Å². The number of nitrogens with zero attached hydrogens (tertiary/aromatic N) is 1. The lowest BCUT2D eigenvalue weighted by Crippen LogP contribution is -2.41. The van der Waals surface area contributed by atoms with Crippen molar-refractivity contribution in [3.63, 3.8) is 0 Å². The Balaban J connectivity index is 2.24. The Bertz CT molecular complexity index is 394. The molecule has 0 radical (unpaired) electrons. The topological polar surface area (TPSA) is 60.2 Å². The molecule has 16 heavy (non-hydrogen) atoms. The fraction of sp³-hybridized carbons (Fsp3) is 0.583. The first kappa shape index (κ1) is 11.2. The molecule has 88 valence electrons. The lowest BCUT2D eigenvalue weighted by molar-refractivity contribution is 0.105. The molecule has 1 aliphatic rings. The van der Waals surface area contributed by atoms with Crippen LogP contribution in [0.5, 0.6) is 0 Å². The standard InChI is InChI=1S/C12H19N3O/c1-8-4-6-14-11(10(8)13)15-12(3)5-7-16-9(12)2/h4,6,9H,5,7,13H2,1-3H3,(H,14,15). The average molecular weight is 221 g/mol. The van der Waals surface area contributed by atoms with Crippen LogP contribution in [0.15, 0.2) is 12.3 Å². The Morgan fingerprint density at radius 1 is 1.62 bits per heavy atom. The molecule has 2 rings (SSSR count). The van der Waals surface area contributed by atoms with Gasteiger partial charge in [0.05, 0.1) is 17.3 Å². The number of nitrogens with one attached hydrogen (secondary N) is 1. The number of rotatable bonds is 2. The molecule has 2 atom stereocenters. The summed E-state index contributed by atoms with van der Waals surface area (Å²) in [7, 11) is 0. The Morgan fingerprint density at radius 2 is 2.38 bits per heavy atom. The SMILES string of the molecule is Cc1ccnc(NC2(C)CCOC2C)c1N. The zero-order valence-electron chi connectivity index (χ0n) is 10.1. The Kier molecular flexibility index (Phi) is 2.76. The molecule has 0 saturated carbocycles. The first-order chi connectivity index (χ1) is 7.53. The lowest BCUT2D eigenvalue weighted by atomic mass is 9.94. The maximum Gasteiger partial charge on any atom is 0.149 e. The van der Waals surface area contributed by atoms with Gasteiger partial charge in [-0.25, -0.2) is 4.98 Å². The van der Waals surface area contributed by atoms with Crippen molar-refractivity contribution in [1.82, 2.24) is 4.98 Å². The number of aromatic nitrogens is 1. The van der Waals surface area contributed by atoms with Gasteiger partial charge in [-0.1, -0.05) is 0 Å². The summed E-state index contributed by atoms with van der Waals surface area (Å²) in [4.78, 5) is 4.29. The maximum atomic E-state index is 6.00. The van der Waals surface area contributed by atoms with Crippen LogP contribution >= 0.6 is 0 Å². The van der Waals surface area contributed by atoms with E-state index in [9.17, 15) is 0 Å². The van der Waals surface area contributed by atoms with Crippen LogP contribution in [0.2, 0.25) is 0 Å². The summed E-state index contributed by atoms with van der Waals surface area (Å²) < 4.78 is 5.58. The smallest absolute Gasteiger partial charge is 0.149 e. The number of hydrogen-bond donors (Lipinski definition) is 2. The number of aryl methyl sites for hydroxylation is 1. The molecule has 1 aromatic rings.